The number of amides is 1. The summed E-state index contributed by atoms with van der Waals surface area (Å²) in [5.41, 5.74) is 5.62. The second-order valence-electron chi connectivity index (χ2n) is 7.78. The van der Waals surface area contributed by atoms with Crippen molar-refractivity contribution in [1.82, 2.24) is 20.4 Å². The molecule has 0 atom stereocenters. The third kappa shape index (κ3) is 4.52. The number of ether oxygens (including phenoxy) is 1. The Hall–Kier alpha value is -3.22. The van der Waals surface area contributed by atoms with Gasteiger partial charge >= 0.3 is 0 Å². The lowest BCUT2D eigenvalue weighted by molar-refractivity contribution is 0.0950. The molecule has 10 heteroatoms. The van der Waals surface area contributed by atoms with Gasteiger partial charge in [-0.3, -0.25) is 15.2 Å². The second kappa shape index (κ2) is 9.10. The number of rotatable bonds is 6. The minimum atomic E-state index is -0.315. The number of nitrogens with one attached hydrogen (secondary N) is 1. The van der Waals surface area contributed by atoms with Gasteiger partial charge in [-0.15, -0.1) is 11.3 Å². The van der Waals surface area contributed by atoms with Gasteiger partial charge in [-0.1, -0.05) is 25.4 Å². The summed E-state index contributed by atoms with van der Waals surface area (Å²) in [5.74, 6) is 1.04. The number of nitrogens with zero attached hydrogens (tertiary/aromatic N) is 5. The third-order valence-corrected chi connectivity index (χ3v) is 6.28. The number of fused-ring (bicyclic) bond motifs is 1. The van der Waals surface area contributed by atoms with E-state index in [-0.39, 0.29) is 28.5 Å². The highest BCUT2D eigenvalue weighted by Crippen LogP contribution is 2.33. The van der Waals surface area contributed by atoms with Gasteiger partial charge in [0.05, 0.1) is 18.5 Å². The van der Waals surface area contributed by atoms with Crippen molar-refractivity contribution in [2.45, 2.75) is 27.2 Å². The number of hydrogen-bond donors (Lipinski definition) is 1. The van der Waals surface area contributed by atoms with Gasteiger partial charge in [-0.2, -0.15) is 10.2 Å². The zero-order valence-corrected chi connectivity index (χ0v) is 19.4. The van der Waals surface area contributed by atoms with Crippen LogP contribution in [-0.4, -0.2) is 34.0 Å². The van der Waals surface area contributed by atoms with Gasteiger partial charge in [0.15, 0.2) is 5.82 Å². The van der Waals surface area contributed by atoms with Gasteiger partial charge in [0, 0.05) is 18.5 Å². The molecule has 4 rings (SSSR count). The van der Waals surface area contributed by atoms with Crippen molar-refractivity contribution in [3.63, 3.8) is 0 Å². The summed E-state index contributed by atoms with van der Waals surface area (Å²) >= 11 is 7.60. The molecule has 0 unspecified atom stereocenters. The van der Waals surface area contributed by atoms with Crippen LogP contribution < -0.4 is 15.2 Å². The molecule has 0 fully saturated rings. The van der Waals surface area contributed by atoms with Gasteiger partial charge in [0.2, 0.25) is 5.82 Å². The van der Waals surface area contributed by atoms with Crippen LogP contribution in [0.25, 0.3) is 10.6 Å². The zero-order valence-electron chi connectivity index (χ0n) is 17.8. The molecular weight excluding hydrogens is 448 g/mol. The Bertz CT molecular complexity index is 1220. The number of carbonyl (C=O) groups is 1. The molecule has 164 valence electrons. The topological polar surface area (TPSA) is 104 Å². The van der Waals surface area contributed by atoms with E-state index in [2.05, 4.69) is 26.4 Å². The lowest BCUT2D eigenvalue weighted by Gasteiger charge is -2.26. The van der Waals surface area contributed by atoms with E-state index in [1.54, 1.807) is 5.01 Å². The van der Waals surface area contributed by atoms with Crippen molar-refractivity contribution in [3.8, 4) is 22.4 Å². The molecule has 0 bridgehead atoms. The normalized spacial score (nSPS) is 12.2. The Labute approximate surface area is 194 Å². The van der Waals surface area contributed by atoms with Crippen LogP contribution in [0.4, 0.5) is 5.82 Å². The molecule has 1 aromatic carbocycles. The third-order valence-electron chi connectivity index (χ3n) is 4.80. The fourth-order valence-electron chi connectivity index (χ4n) is 3.38. The van der Waals surface area contributed by atoms with E-state index in [1.807, 2.05) is 39.0 Å². The Morgan fingerprint density at radius 3 is 2.97 bits per heavy atom. The van der Waals surface area contributed by atoms with Crippen molar-refractivity contribution < 1.29 is 9.53 Å². The number of aryl methyl sites for hydroxylation is 1. The van der Waals surface area contributed by atoms with Crippen LogP contribution in [-0.2, 0) is 6.42 Å². The standard InChI is InChI=1S/C22H21ClN6O2S/c1-12(2)11-29(20-16(23)10-25-18(9-24)27-20)28-21(30)19-13(3)26-22(32-19)15-4-5-17-14(8-15)6-7-31-17/h4-5,8,10,12H,6-7,11H2,1-3H3,(H,28,30). The van der Waals surface area contributed by atoms with Crippen LogP contribution in [0.15, 0.2) is 24.4 Å². The number of thiazole rings is 1. The first-order valence-electron chi connectivity index (χ1n) is 10.1. The van der Waals surface area contributed by atoms with Gasteiger partial charge in [-0.25, -0.2) is 9.97 Å². The highest BCUT2D eigenvalue weighted by Gasteiger charge is 2.23. The summed E-state index contributed by atoms with van der Waals surface area (Å²) in [4.78, 5) is 26.3. The molecule has 0 spiro atoms. The van der Waals surface area contributed by atoms with Gasteiger partial charge < -0.3 is 4.74 Å². The molecule has 3 aromatic rings. The van der Waals surface area contributed by atoms with E-state index in [4.69, 9.17) is 21.6 Å². The Morgan fingerprint density at radius 1 is 1.41 bits per heavy atom. The predicted octanol–water partition coefficient (Wildman–Crippen LogP) is 4.18. The van der Waals surface area contributed by atoms with Crippen LogP contribution in [0, 0.1) is 24.2 Å². The average Bonchev–Trinajstić information content (AvgIpc) is 3.39. The number of benzene rings is 1. The summed E-state index contributed by atoms with van der Waals surface area (Å²) < 4.78 is 5.57. The number of nitriles is 1. The van der Waals surface area contributed by atoms with Crippen LogP contribution in [0.5, 0.6) is 5.75 Å². The molecule has 3 heterocycles. The fraction of sp³-hybridized carbons (Fsp3) is 0.318. The van der Waals surface area contributed by atoms with Crippen molar-refractivity contribution in [3.05, 3.63) is 51.4 Å². The monoisotopic (exact) mass is 468 g/mol. The molecule has 8 nitrogen and oxygen atoms in total. The maximum Gasteiger partial charge on any atom is 0.281 e. The summed E-state index contributed by atoms with van der Waals surface area (Å²) in [6.45, 7) is 6.96. The van der Waals surface area contributed by atoms with E-state index in [0.717, 1.165) is 28.3 Å². The highest BCUT2D eigenvalue weighted by atomic mass is 35.5. The Balaban J connectivity index is 1.61. The number of halogens is 1. The van der Waals surface area contributed by atoms with Crippen LogP contribution in [0.2, 0.25) is 5.02 Å². The zero-order chi connectivity index (χ0) is 22.8. The maximum absolute atomic E-state index is 13.2. The molecule has 1 aliphatic heterocycles. The fourth-order valence-corrected chi connectivity index (χ4v) is 4.52. The average molecular weight is 469 g/mol. The van der Waals surface area contributed by atoms with E-state index in [1.165, 1.54) is 17.5 Å². The van der Waals surface area contributed by atoms with Gasteiger partial charge in [0.25, 0.3) is 5.91 Å². The lowest BCUT2D eigenvalue weighted by atomic mass is 10.1. The summed E-state index contributed by atoms with van der Waals surface area (Å²) in [5, 5.41) is 11.7. The summed E-state index contributed by atoms with van der Waals surface area (Å²) in [6.07, 6.45) is 2.23. The number of anilines is 1. The quantitative estimate of drug-likeness (QED) is 0.541. The smallest absolute Gasteiger partial charge is 0.281 e. The molecule has 1 amide bonds. The first-order valence-corrected chi connectivity index (χ1v) is 11.3. The maximum atomic E-state index is 13.2. The second-order valence-corrected chi connectivity index (χ2v) is 9.18. The lowest BCUT2D eigenvalue weighted by Crippen LogP contribution is -2.45. The molecule has 32 heavy (non-hydrogen) atoms. The number of carbonyl (C=O) groups excluding carboxylic acids is 1. The van der Waals surface area contributed by atoms with Crippen molar-refractivity contribution in [1.29, 1.82) is 5.26 Å². The van der Waals surface area contributed by atoms with Gasteiger partial charge in [0.1, 0.15) is 26.7 Å². The van der Waals surface area contributed by atoms with E-state index >= 15 is 0 Å². The van der Waals surface area contributed by atoms with Crippen molar-refractivity contribution in [2.24, 2.45) is 5.92 Å². The predicted molar refractivity (Wildman–Crippen MR) is 123 cm³/mol. The van der Waals surface area contributed by atoms with Crippen LogP contribution >= 0.6 is 22.9 Å². The van der Waals surface area contributed by atoms with E-state index in [9.17, 15) is 4.79 Å². The Morgan fingerprint density at radius 2 is 2.22 bits per heavy atom. The van der Waals surface area contributed by atoms with E-state index < -0.39 is 0 Å². The first kappa shape index (κ1) is 22.0. The number of hydrazine groups is 1. The highest BCUT2D eigenvalue weighted by molar-refractivity contribution is 7.17. The molecule has 2 aromatic heterocycles. The largest absolute Gasteiger partial charge is 0.493 e. The number of aromatic nitrogens is 3. The Kier molecular flexibility index (Phi) is 6.26. The van der Waals surface area contributed by atoms with Gasteiger partial charge in [-0.05, 0) is 36.6 Å². The minimum Gasteiger partial charge on any atom is -0.493 e. The molecule has 1 N–H and O–H groups in total. The molecule has 0 saturated heterocycles. The first-order chi connectivity index (χ1) is 15.4. The van der Waals surface area contributed by atoms with Crippen LogP contribution in [0.3, 0.4) is 0 Å². The summed E-state index contributed by atoms with van der Waals surface area (Å²) in [7, 11) is 0. The SMILES string of the molecule is Cc1nc(-c2ccc3c(c2)CCO3)sc1C(=O)NN(CC(C)C)c1nc(C#N)ncc1Cl. The molecule has 1 aliphatic rings. The summed E-state index contributed by atoms with van der Waals surface area (Å²) in [6, 6.07) is 7.87. The molecule has 0 aliphatic carbocycles. The number of hydrogen-bond acceptors (Lipinski definition) is 8. The molecule has 0 radical (unpaired) electrons. The molecule has 0 saturated carbocycles. The minimum absolute atomic E-state index is 0.0238. The van der Waals surface area contributed by atoms with Crippen molar-refractivity contribution in [2.75, 3.05) is 18.2 Å². The van der Waals surface area contributed by atoms with Crippen LogP contribution in [0.1, 0.15) is 40.6 Å². The molecular formula is C22H21ClN6O2S. The van der Waals surface area contributed by atoms with E-state index in [0.29, 0.717) is 23.7 Å². The van der Waals surface area contributed by atoms with Crippen molar-refractivity contribution >= 4 is 34.7 Å².